The lowest BCUT2D eigenvalue weighted by Crippen LogP contribution is -2.34. The van der Waals surface area contributed by atoms with E-state index in [1.54, 1.807) is 12.1 Å². The molecule has 0 radical (unpaired) electrons. The van der Waals surface area contributed by atoms with Gasteiger partial charge in [0.05, 0.1) is 0 Å². The van der Waals surface area contributed by atoms with Crippen LogP contribution in [0.5, 0.6) is 0 Å². The Labute approximate surface area is 122 Å². The van der Waals surface area contributed by atoms with Crippen LogP contribution in [-0.4, -0.2) is 18.6 Å². The maximum Gasteiger partial charge on any atom is 0.123 e. The minimum absolute atomic E-state index is 0.107. The van der Waals surface area contributed by atoms with Gasteiger partial charge in [0.1, 0.15) is 5.82 Å². The second kappa shape index (κ2) is 6.57. The van der Waals surface area contributed by atoms with E-state index in [1.165, 1.54) is 18.5 Å². The summed E-state index contributed by atoms with van der Waals surface area (Å²) < 4.78 is 13.6. The van der Waals surface area contributed by atoms with Gasteiger partial charge in [-0.15, -0.1) is 0 Å². The topological polar surface area (TPSA) is 29.3 Å². The Balaban J connectivity index is 2.30. The molecule has 0 bridgehead atoms. The van der Waals surface area contributed by atoms with Gasteiger partial charge in [-0.25, -0.2) is 4.39 Å². The Bertz CT molecular complexity index is 445. The van der Waals surface area contributed by atoms with Crippen molar-refractivity contribution in [3.05, 3.63) is 29.6 Å². The quantitative estimate of drug-likeness (QED) is 0.889. The average Bonchev–Trinajstić information content (AvgIpc) is 2.88. The molecule has 2 atom stereocenters. The van der Waals surface area contributed by atoms with Crippen molar-refractivity contribution in [2.24, 2.45) is 11.7 Å². The maximum absolute atomic E-state index is 13.6. The van der Waals surface area contributed by atoms with E-state index in [1.807, 2.05) is 6.07 Å². The number of rotatable bonds is 5. The maximum atomic E-state index is 13.6. The molecule has 1 aromatic rings. The predicted molar refractivity (Wildman–Crippen MR) is 83.6 cm³/mol. The van der Waals surface area contributed by atoms with Crippen LogP contribution in [0, 0.1) is 11.7 Å². The van der Waals surface area contributed by atoms with Gasteiger partial charge in [-0.3, -0.25) is 0 Å². The number of benzene rings is 1. The fourth-order valence-electron chi connectivity index (χ4n) is 3.21. The molecule has 1 saturated heterocycles. The summed E-state index contributed by atoms with van der Waals surface area (Å²) in [4.78, 5) is 2.46. The second-order valence-corrected chi connectivity index (χ2v) is 6.29. The van der Waals surface area contributed by atoms with E-state index in [2.05, 4.69) is 25.7 Å². The lowest BCUT2D eigenvalue weighted by Gasteiger charge is -2.32. The Morgan fingerprint density at radius 2 is 2.15 bits per heavy atom. The summed E-state index contributed by atoms with van der Waals surface area (Å²) in [5, 5.41) is 0. The van der Waals surface area contributed by atoms with Gasteiger partial charge in [-0.05, 0) is 55.4 Å². The highest BCUT2D eigenvalue weighted by Crippen LogP contribution is 2.33. The molecule has 0 spiro atoms. The molecule has 0 saturated carbocycles. The summed E-state index contributed by atoms with van der Waals surface area (Å²) in [6.07, 6.45) is 4.13. The molecule has 0 aromatic heterocycles. The Morgan fingerprint density at radius 3 is 2.80 bits per heavy atom. The van der Waals surface area contributed by atoms with Crippen LogP contribution in [0.4, 0.5) is 10.1 Å². The van der Waals surface area contributed by atoms with Crippen molar-refractivity contribution >= 4 is 5.69 Å². The van der Waals surface area contributed by atoms with Crippen LogP contribution in [-0.2, 0) is 6.42 Å². The van der Waals surface area contributed by atoms with Crippen LogP contribution in [0.15, 0.2) is 18.2 Å². The lowest BCUT2D eigenvalue weighted by atomic mass is 9.98. The zero-order valence-electron chi connectivity index (χ0n) is 12.9. The molecule has 1 fully saturated rings. The first-order valence-corrected chi connectivity index (χ1v) is 7.83. The summed E-state index contributed by atoms with van der Waals surface area (Å²) in [6, 6.07) is 5.85. The molecule has 2 N–H and O–H groups in total. The average molecular weight is 278 g/mol. The summed E-state index contributed by atoms with van der Waals surface area (Å²) in [5.74, 6) is 0.461. The zero-order chi connectivity index (χ0) is 14.7. The SMILES string of the molecule is CCC(N)Cc1cc(F)ccc1N1CCCC1C(C)C. The van der Waals surface area contributed by atoms with Crippen molar-refractivity contribution in [2.75, 3.05) is 11.4 Å². The highest BCUT2D eigenvalue weighted by Gasteiger charge is 2.28. The van der Waals surface area contributed by atoms with Crippen LogP contribution in [0.1, 0.15) is 45.6 Å². The first-order valence-electron chi connectivity index (χ1n) is 7.83. The van der Waals surface area contributed by atoms with Crippen LogP contribution in [0.25, 0.3) is 0 Å². The summed E-state index contributed by atoms with van der Waals surface area (Å²) in [5.41, 5.74) is 8.32. The first-order chi connectivity index (χ1) is 9.52. The van der Waals surface area contributed by atoms with Crippen LogP contribution in [0.2, 0.25) is 0 Å². The van der Waals surface area contributed by atoms with E-state index in [0.717, 1.165) is 24.9 Å². The Kier molecular flexibility index (Phi) is 5.03. The van der Waals surface area contributed by atoms with E-state index in [0.29, 0.717) is 12.0 Å². The Morgan fingerprint density at radius 1 is 1.40 bits per heavy atom. The van der Waals surface area contributed by atoms with Crippen LogP contribution in [0.3, 0.4) is 0 Å². The minimum atomic E-state index is -0.160. The predicted octanol–water partition coefficient (Wildman–Crippen LogP) is 3.73. The Hall–Kier alpha value is -1.09. The molecule has 20 heavy (non-hydrogen) atoms. The van der Waals surface area contributed by atoms with Crippen molar-refractivity contribution in [2.45, 2.75) is 58.5 Å². The number of nitrogens with zero attached hydrogens (tertiary/aromatic N) is 1. The van der Waals surface area contributed by atoms with Gasteiger partial charge in [-0.2, -0.15) is 0 Å². The molecule has 1 aliphatic rings. The number of hydrogen-bond acceptors (Lipinski definition) is 2. The molecule has 112 valence electrons. The number of hydrogen-bond donors (Lipinski definition) is 1. The van der Waals surface area contributed by atoms with Gasteiger partial charge in [-0.1, -0.05) is 20.8 Å². The fourth-order valence-corrected chi connectivity index (χ4v) is 3.21. The summed E-state index contributed by atoms with van der Waals surface area (Å²) in [7, 11) is 0. The van der Waals surface area contributed by atoms with Crippen molar-refractivity contribution in [1.82, 2.24) is 0 Å². The van der Waals surface area contributed by atoms with Crippen molar-refractivity contribution in [1.29, 1.82) is 0 Å². The third kappa shape index (κ3) is 3.32. The minimum Gasteiger partial charge on any atom is -0.368 e. The number of nitrogens with two attached hydrogens (primary N) is 1. The molecular weight excluding hydrogens is 251 g/mol. The molecular formula is C17H27FN2. The standard InChI is InChI=1S/C17H27FN2/c1-4-15(19)11-13-10-14(18)7-8-17(13)20-9-5-6-16(20)12(2)3/h7-8,10,12,15-16H,4-6,9,11,19H2,1-3H3. The zero-order valence-corrected chi connectivity index (χ0v) is 12.9. The highest BCUT2D eigenvalue weighted by atomic mass is 19.1. The van der Waals surface area contributed by atoms with E-state index < -0.39 is 0 Å². The monoisotopic (exact) mass is 278 g/mol. The van der Waals surface area contributed by atoms with E-state index >= 15 is 0 Å². The van der Waals surface area contributed by atoms with Gasteiger partial charge < -0.3 is 10.6 Å². The van der Waals surface area contributed by atoms with Gasteiger partial charge in [0, 0.05) is 24.3 Å². The van der Waals surface area contributed by atoms with Gasteiger partial charge >= 0.3 is 0 Å². The largest absolute Gasteiger partial charge is 0.368 e. The fraction of sp³-hybridized carbons (Fsp3) is 0.647. The van der Waals surface area contributed by atoms with E-state index in [-0.39, 0.29) is 11.9 Å². The molecule has 0 amide bonds. The number of halogens is 1. The second-order valence-electron chi connectivity index (χ2n) is 6.29. The van der Waals surface area contributed by atoms with Crippen molar-refractivity contribution in [3.63, 3.8) is 0 Å². The highest BCUT2D eigenvalue weighted by molar-refractivity contribution is 5.56. The molecule has 1 aromatic carbocycles. The molecule has 2 unspecified atom stereocenters. The van der Waals surface area contributed by atoms with E-state index in [9.17, 15) is 4.39 Å². The molecule has 1 aliphatic heterocycles. The first kappa shape index (κ1) is 15.3. The molecule has 0 aliphatic carbocycles. The lowest BCUT2D eigenvalue weighted by molar-refractivity contribution is 0.490. The summed E-state index contributed by atoms with van der Waals surface area (Å²) in [6.45, 7) is 7.69. The third-order valence-electron chi connectivity index (χ3n) is 4.43. The van der Waals surface area contributed by atoms with Crippen molar-refractivity contribution in [3.8, 4) is 0 Å². The molecule has 1 heterocycles. The third-order valence-corrected chi connectivity index (χ3v) is 4.43. The van der Waals surface area contributed by atoms with Crippen molar-refractivity contribution < 1.29 is 4.39 Å². The molecule has 2 rings (SSSR count). The molecule has 2 nitrogen and oxygen atoms in total. The smallest absolute Gasteiger partial charge is 0.123 e. The summed E-state index contributed by atoms with van der Waals surface area (Å²) >= 11 is 0. The van der Waals surface area contributed by atoms with Gasteiger partial charge in [0.2, 0.25) is 0 Å². The number of anilines is 1. The normalized spacial score (nSPS) is 20.7. The molecule has 3 heteroatoms. The van der Waals surface area contributed by atoms with Crippen LogP contribution < -0.4 is 10.6 Å². The van der Waals surface area contributed by atoms with E-state index in [4.69, 9.17) is 5.73 Å². The van der Waals surface area contributed by atoms with Crippen LogP contribution >= 0.6 is 0 Å². The van der Waals surface area contributed by atoms with Gasteiger partial charge in [0.15, 0.2) is 0 Å². The van der Waals surface area contributed by atoms with Gasteiger partial charge in [0.25, 0.3) is 0 Å².